The predicted molar refractivity (Wildman–Crippen MR) is 113 cm³/mol. The van der Waals surface area contributed by atoms with Crippen molar-refractivity contribution in [2.24, 2.45) is 10.2 Å². The summed E-state index contributed by atoms with van der Waals surface area (Å²) < 4.78 is 39.8. The number of alkyl halides is 3. The van der Waals surface area contributed by atoms with E-state index in [4.69, 9.17) is 13.1 Å². The largest absolute Gasteiger partial charge is 0.416 e. The molecule has 0 radical (unpaired) electrons. The van der Waals surface area contributed by atoms with Gasteiger partial charge in [0.1, 0.15) is 0 Å². The molecular formula is C24H11F3N4. The quantitative estimate of drug-likeness (QED) is 0.222. The Kier molecular flexibility index (Phi) is 3.87. The molecule has 0 spiro atoms. The van der Waals surface area contributed by atoms with Gasteiger partial charge < -0.3 is 0 Å². The highest BCUT2D eigenvalue weighted by atomic mass is 19.4. The number of halogens is 3. The fraction of sp³-hybridized carbons (Fsp3) is 0.0833. The average Bonchev–Trinajstić information content (AvgIpc) is 3.19. The predicted octanol–water partition coefficient (Wildman–Crippen LogP) is 5.97. The van der Waals surface area contributed by atoms with Crippen LogP contribution < -0.4 is 10.7 Å². The molecule has 0 aliphatic rings. The normalized spacial score (nSPS) is 13.5. The summed E-state index contributed by atoms with van der Waals surface area (Å²) in [5.41, 5.74) is 0.234. The van der Waals surface area contributed by atoms with Crippen LogP contribution in [-0.2, 0) is 6.18 Å². The van der Waals surface area contributed by atoms with E-state index in [-0.39, 0.29) is 10.7 Å². The first-order valence-corrected chi connectivity index (χ1v) is 9.24. The molecule has 0 N–H and O–H groups in total. The standard InChI is InChI=1S/C24H11F3N4/c1-12-4-6-14-16-10-17-15-7-5-13(24(25,26)27)9-19(15)23(31-29-3)21(17)11-20(16)22(30-28-2)18(14)8-12/h4-11H,1H3/b30-22+,31-23-. The lowest BCUT2D eigenvalue weighted by molar-refractivity contribution is -0.137. The van der Waals surface area contributed by atoms with Gasteiger partial charge >= 0.3 is 6.18 Å². The summed E-state index contributed by atoms with van der Waals surface area (Å²) in [6, 6.07) is 13.1. The Hall–Kier alpha value is -4.23. The van der Waals surface area contributed by atoms with Crippen LogP contribution in [0.2, 0.25) is 0 Å². The van der Waals surface area contributed by atoms with E-state index in [0.717, 1.165) is 33.9 Å². The molecule has 148 valence electrons. The van der Waals surface area contributed by atoms with Crippen molar-refractivity contribution in [2.75, 3.05) is 0 Å². The van der Waals surface area contributed by atoms with E-state index in [1.54, 1.807) is 6.07 Å². The van der Waals surface area contributed by atoms with E-state index in [1.165, 1.54) is 6.07 Å². The highest BCUT2D eigenvalue weighted by Crippen LogP contribution is 2.36. The Morgan fingerprint density at radius 2 is 1.13 bits per heavy atom. The van der Waals surface area contributed by atoms with Crippen LogP contribution in [0.15, 0.2) is 58.7 Å². The maximum absolute atomic E-state index is 13.3. The van der Waals surface area contributed by atoms with Crippen molar-refractivity contribution in [2.45, 2.75) is 13.1 Å². The molecule has 0 aliphatic carbocycles. The second kappa shape index (κ2) is 6.38. The van der Waals surface area contributed by atoms with Gasteiger partial charge in [-0.15, -0.1) is 9.91 Å². The van der Waals surface area contributed by atoms with E-state index in [9.17, 15) is 13.2 Å². The number of hydrogen-bond donors (Lipinski definition) is 0. The first-order valence-electron chi connectivity index (χ1n) is 9.24. The van der Waals surface area contributed by atoms with Crippen LogP contribution in [0.4, 0.5) is 13.2 Å². The van der Waals surface area contributed by atoms with Crippen LogP contribution in [0, 0.1) is 20.1 Å². The van der Waals surface area contributed by atoms with Gasteiger partial charge in [0.25, 0.3) is 0 Å². The zero-order valence-electron chi connectivity index (χ0n) is 16.0. The molecule has 0 saturated heterocycles. The molecule has 0 bridgehead atoms. The number of benzene rings is 3. The average molecular weight is 412 g/mol. The zero-order chi connectivity index (χ0) is 21.9. The smallest absolute Gasteiger partial charge is 0.181 e. The van der Waals surface area contributed by atoms with Gasteiger partial charge in [-0.05, 0) is 58.8 Å². The molecule has 0 aliphatic heterocycles. The van der Waals surface area contributed by atoms with Gasteiger partial charge in [0.05, 0.1) is 15.8 Å². The summed E-state index contributed by atoms with van der Waals surface area (Å²) in [6.07, 6.45) is -4.50. The second-order valence-corrected chi connectivity index (χ2v) is 7.35. The third-order valence-corrected chi connectivity index (χ3v) is 5.58. The number of aryl methyl sites for hydroxylation is 1. The Morgan fingerprint density at radius 1 is 0.645 bits per heavy atom. The Bertz CT molecular complexity index is 1750. The van der Waals surface area contributed by atoms with Crippen LogP contribution in [0.1, 0.15) is 11.1 Å². The van der Waals surface area contributed by atoms with Gasteiger partial charge in [0.2, 0.25) is 0 Å². The van der Waals surface area contributed by atoms with Gasteiger partial charge in [-0.1, -0.05) is 23.8 Å². The molecule has 0 unspecified atom stereocenters. The fourth-order valence-corrected chi connectivity index (χ4v) is 4.28. The topological polar surface area (TPSA) is 33.4 Å². The highest BCUT2D eigenvalue weighted by Gasteiger charge is 2.31. The molecule has 0 fully saturated rings. The van der Waals surface area contributed by atoms with Crippen molar-refractivity contribution >= 4 is 43.1 Å². The van der Waals surface area contributed by atoms with E-state index >= 15 is 0 Å². The molecule has 0 atom stereocenters. The number of fused-ring (bicyclic) bond motifs is 6. The lowest BCUT2D eigenvalue weighted by atomic mass is 10.1. The van der Waals surface area contributed by atoms with Gasteiger partial charge in [-0.3, -0.25) is 0 Å². The van der Waals surface area contributed by atoms with Gasteiger partial charge in [0.15, 0.2) is 10.7 Å². The first kappa shape index (κ1) is 18.8. The summed E-state index contributed by atoms with van der Waals surface area (Å²) in [5.74, 6) is 0. The molecule has 0 aromatic heterocycles. The van der Waals surface area contributed by atoms with Crippen LogP contribution in [0.25, 0.3) is 53.0 Å². The minimum atomic E-state index is -4.50. The van der Waals surface area contributed by atoms with Crippen molar-refractivity contribution in [1.82, 2.24) is 0 Å². The van der Waals surface area contributed by atoms with Crippen LogP contribution in [0.3, 0.4) is 0 Å². The Balaban J connectivity index is 2.05. The number of rotatable bonds is 0. The maximum Gasteiger partial charge on any atom is 0.416 e. The summed E-state index contributed by atoms with van der Waals surface area (Å²) in [5, 5.41) is 14.0. The maximum atomic E-state index is 13.3. The van der Waals surface area contributed by atoms with E-state index in [2.05, 4.69) is 20.1 Å². The first-order chi connectivity index (χ1) is 14.8. The molecule has 0 amide bonds. The molecule has 5 rings (SSSR count). The SMILES string of the molecule is [C-]#[N+]/N=c1/c2cc(C(F)(F)F)ccc2c2cc3c(cc12)/c(=N/[N+]#[C-])c1cc(C)ccc13. The monoisotopic (exact) mass is 412 g/mol. The number of nitrogens with zero attached hydrogens (tertiary/aromatic N) is 4. The minimum absolute atomic E-state index is 0.197. The Morgan fingerprint density at radius 3 is 1.68 bits per heavy atom. The van der Waals surface area contributed by atoms with Crippen molar-refractivity contribution < 1.29 is 13.2 Å². The summed E-state index contributed by atoms with van der Waals surface area (Å²) in [6.45, 7) is 16.3. The summed E-state index contributed by atoms with van der Waals surface area (Å²) >= 11 is 0. The van der Waals surface area contributed by atoms with Crippen molar-refractivity contribution in [3.8, 4) is 0 Å². The Labute approximate surface area is 173 Å². The second-order valence-electron chi connectivity index (χ2n) is 7.35. The van der Waals surface area contributed by atoms with E-state index < -0.39 is 11.7 Å². The molecule has 31 heavy (non-hydrogen) atoms. The van der Waals surface area contributed by atoms with Crippen LogP contribution >= 0.6 is 0 Å². The molecule has 0 saturated carbocycles. The van der Waals surface area contributed by atoms with Gasteiger partial charge in [-0.25, -0.2) is 0 Å². The van der Waals surface area contributed by atoms with Crippen molar-refractivity contribution in [3.63, 3.8) is 0 Å². The minimum Gasteiger partial charge on any atom is -0.181 e. The third kappa shape index (κ3) is 2.68. The van der Waals surface area contributed by atoms with E-state index in [0.29, 0.717) is 26.9 Å². The molecule has 7 heteroatoms. The molecule has 0 heterocycles. The van der Waals surface area contributed by atoms with Crippen molar-refractivity contribution in [3.05, 3.63) is 93.4 Å². The molecule has 5 aromatic rings. The highest BCUT2D eigenvalue weighted by molar-refractivity contribution is 6.21. The van der Waals surface area contributed by atoms with Gasteiger partial charge in [0, 0.05) is 21.5 Å². The molecule has 5 aromatic carbocycles. The third-order valence-electron chi connectivity index (χ3n) is 5.58. The summed E-state index contributed by atoms with van der Waals surface area (Å²) in [4.78, 5) is 6.29. The molecule has 4 nitrogen and oxygen atoms in total. The van der Waals surface area contributed by atoms with Crippen LogP contribution in [-0.4, -0.2) is 0 Å². The molecular weight excluding hydrogens is 401 g/mol. The summed E-state index contributed by atoms with van der Waals surface area (Å²) in [7, 11) is 0. The zero-order valence-corrected chi connectivity index (χ0v) is 16.0. The van der Waals surface area contributed by atoms with Gasteiger partial charge in [-0.2, -0.15) is 26.3 Å². The van der Waals surface area contributed by atoms with Crippen molar-refractivity contribution in [1.29, 1.82) is 0 Å². The lowest BCUT2D eigenvalue weighted by Gasteiger charge is -2.05. The lowest BCUT2D eigenvalue weighted by Crippen LogP contribution is -2.06. The van der Waals surface area contributed by atoms with Crippen LogP contribution in [0.5, 0.6) is 0 Å². The number of hydrogen-bond acceptors (Lipinski definition) is 2. The fourth-order valence-electron chi connectivity index (χ4n) is 4.28. The van der Waals surface area contributed by atoms with E-state index in [1.807, 2.05) is 31.2 Å².